The topological polar surface area (TPSA) is 72.2 Å². The van der Waals surface area contributed by atoms with Gasteiger partial charge in [-0.2, -0.15) is 0 Å². The summed E-state index contributed by atoms with van der Waals surface area (Å²) in [6.07, 6.45) is 0. The number of aryl methyl sites for hydroxylation is 1. The lowest BCUT2D eigenvalue weighted by molar-refractivity contribution is -0.385. The third-order valence-corrected chi connectivity index (χ3v) is 2.23. The summed E-state index contributed by atoms with van der Waals surface area (Å²) in [7, 11) is 0. The number of nitro benzene ring substituents is 1. The first-order valence-corrected chi connectivity index (χ1v) is 5.10. The van der Waals surface area contributed by atoms with Gasteiger partial charge in [0.25, 0.3) is 11.6 Å². The van der Waals surface area contributed by atoms with Crippen molar-refractivity contribution in [2.45, 2.75) is 13.8 Å². The van der Waals surface area contributed by atoms with Gasteiger partial charge in [0.2, 0.25) is 0 Å². The molecule has 0 spiro atoms. The van der Waals surface area contributed by atoms with Gasteiger partial charge in [-0.05, 0) is 19.4 Å². The molecule has 0 unspecified atom stereocenters. The van der Waals surface area contributed by atoms with Crippen LogP contribution in [0.2, 0.25) is 0 Å². The fraction of sp³-hybridized carbons (Fsp3) is 0.250. The molecule has 0 aliphatic heterocycles. The lowest BCUT2D eigenvalue weighted by Gasteiger charge is -2.07. The average Bonchev–Trinajstić information content (AvgIpc) is 2.25. The molecule has 0 radical (unpaired) electrons. The standard InChI is InChI=1S/C12H14N2O3/c1-8(2)7-13-12(15)11-9(3)5-4-6-10(11)14(16)17/h4-6H,1,7H2,2-3H3,(H,13,15). The van der Waals surface area contributed by atoms with Crippen molar-refractivity contribution >= 4 is 11.6 Å². The van der Waals surface area contributed by atoms with Crippen LogP contribution in [0.25, 0.3) is 0 Å². The number of rotatable bonds is 4. The van der Waals surface area contributed by atoms with Crippen LogP contribution in [0.1, 0.15) is 22.8 Å². The lowest BCUT2D eigenvalue weighted by atomic mass is 10.1. The van der Waals surface area contributed by atoms with Crippen LogP contribution in [0.15, 0.2) is 30.4 Å². The van der Waals surface area contributed by atoms with Gasteiger partial charge in [0.05, 0.1) is 4.92 Å². The molecule has 0 saturated heterocycles. The Bertz CT molecular complexity index is 481. The number of carbonyl (C=O) groups excluding carboxylic acids is 1. The molecule has 0 aromatic heterocycles. The molecule has 0 bridgehead atoms. The second kappa shape index (κ2) is 5.25. The van der Waals surface area contributed by atoms with E-state index in [1.54, 1.807) is 26.0 Å². The number of hydrogen-bond acceptors (Lipinski definition) is 3. The third kappa shape index (κ3) is 3.14. The van der Waals surface area contributed by atoms with E-state index in [0.717, 1.165) is 5.57 Å². The minimum absolute atomic E-state index is 0.110. The van der Waals surface area contributed by atoms with Gasteiger partial charge in [0, 0.05) is 12.6 Å². The van der Waals surface area contributed by atoms with E-state index in [-0.39, 0.29) is 11.3 Å². The van der Waals surface area contributed by atoms with E-state index < -0.39 is 10.8 Å². The van der Waals surface area contributed by atoms with Crippen LogP contribution in [0.5, 0.6) is 0 Å². The maximum absolute atomic E-state index is 11.8. The highest BCUT2D eigenvalue weighted by Crippen LogP contribution is 2.21. The van der Waals surface area contributed by atoms with Crippen molar-refractivity contribution in [3.05, 3.63) is 51.6 Å². The molecule has 1 aromatic rings. The molecule has 0 saturated carbocycles. The van der Waals surface area contributed by atoms with Crippen molar-refractivity contribution < 1.29 is 9.72 Å². The summed E-state index contributed by atoms with van der Waals surface area (Å²) in [5.41, 5.74) is 1.30. The van der Waals surface area contributed by atoms with Crippen LogP contribution in [-0.2, 0) is 0 Å². The van der Waals surface area contributed by atoms with E-state index >= 15 is 0 Å². The van der Waals surface area contributed by atoms with E-state index in [1.165, 1.54) is 6.07 Å². The second-order valence-corrected chi connectivity index (χ2v) is 3.87. The summed E-state index contributed by atoms with van der Waals surface area (Å²) in [6.45, 7) is 7.40. The van der Waals surface area contributed by atoms with Crippen LogP contribution in [0.4, 0.5) is 5.69 Å². The molecule has 0 atom stereocenters. The molecule has 90 valence electrons. The van der Waals surface area contributed by atoms with Crippen molar-refractivity contribution in [1.29, 1.82) is 0 Å². The summed E-state index contributed by atoms with van der Waals surface area (Å²) in [5.74, 6) is -0.446. The molecule has 5 heteroatoms. The molecular weight excluding hydrogens is 220 g/mol. The highest BCUT2D eigenvalue weighted by Gasteiger charge is 2.21. The summed E-state index contributed by atoms with van der Waals surface area (Å²) >= 11 is 0. The highest BCUT2D eigenvalue weighted by molar-refractivity contribution is 5.99. The zero-order valence-electron chi connectivity index (χ0n) is 9.82. The van der Waals surface area contributed by atoms with Crippen molar-refractivity contribution in [1.82, 2.24) is 5.32 Å². The number of benzene rings is 1. The molecule has 1 N–H and O–H groups in total. The van der Waals surface area contributed by atoms with Gasteiger partial charge < -0.3 is 5.32 Å². The van der Waals surface area contributed by atoms with Gasteiger partial charge in [-0.15, -0.1) is 0 Å². The minimum atomic E-state index is -0.553. The molecule has 1 amide bonds. The second-order valence-electron chi connectivity index (χ2n) is 3.87. The predicted octanol–water partition coefficient (Wildman–Crippen LogP) is 2.21. The number of carbonyl (C=O) groups is 1. The van der Waals surface area contributed by atoms with Crippen molar-refractivity contribution in [3.63, 3.8) is 0 Å². The summed E-state index contributed by atoms with van der Waals surface area (Å²) < 4.78 is 0. The van der Waals surface area contributed by atoms with Crippen LogP contribution < -0.4 is 5.32 Å². The first kappa shape index (κ1) is 12.9. The zero-order valence-corrected chi connectivity index (χ0v) is 9.82. The molecule has 5 nitrogen and oxygen atoms in total. The summed E-state index contributed by atoms with van der Waals surface area (Å²) in [4.78, 5) is 22.1. The van der Waals surface area contributed by atoms with Gasteiger partial charge in [0.15, 0.2) is 0 Å². The van der Waals surface area contributed by atoms with Gasteiger partial charge >= 0.3 is 0 Å². The Kier molecular flexibility index (Phi) is 3.98. The Morgan fingerprint density at radius 1 is 1.53 bits per heavy atom. The fourth-order valence-electron chi connectivity index (χ4n) is 1.42. The van der Waals surface area contributed by atoms with Gasteiger partial charge in [-0.1, -0.05) is 24.3 Å². The Labute approximate surface area is 99.3 Å². The number of nitrogens with zero attached hydrogens (tertiary/aromatic N) is 1. The molecule has 1 rings (SSSR count). The van der Waals surface area contributed by atoms with E-state index in [9.17, 15) is 14.9 Å². The SMILES string of the molecule is C=C(C)CNC(=O)c1c(C)cccc1[N+](=O)[O-]. The Balaban J connectivity index is 3.07. The van der Waals surface area contributed by atoms with Gasteiger partial charge in [-0.3, -0.25) is 14.9 Å². The first-order valence-electron chi connectivity index (χ1n) is 5.10. The van der Waals surface area contributed by atoms with E-state index in [2.05, 4.69) is 11.9 Å². The molecule has 0 aliphatic rings. The largest absolute Gasteiger partial charge is 0.348 e. The number of hydrogen-bond donors (Lipinski definition) is 1. The highest BCUT2D eigenvalue weighted by atomic mass is 16.6. The Morgan fingerprint density at radius 2 is 2.18 bits per heavy atom. The van der Waals surface area contributed by atoms with Crippen molar-refractivity contribution in [3.8, 4) is 0 Å². The summed E-state index contributed by atoms with van der Waals surface area (Å²) in [6, 6.07) is 4.55. The number of amides is 1. The molecule has 0 fully saturated rings. The lowest BCUT2D eigenvalue weighted by Crippen LogP contribution is -2.26. The monoisotopic (exact) mass is 234 g/mol. The van der Waals surface area contributed by atoms with Crippen molar-refractivity contribution in [2.24, 2.45) is 0 Å². The number of nitro groups is 1. The van der Waals surface area contributed by atoms with Crippen LogP contribution in [-0.4, -0.2) is 17.4 Å². The van der Waals surface area contributed by atoms with Crippen LogP contribution in [0.3, 0.4) is 0 Å². The van der Waals surface area contributed by atoms with Crippen LogP contribution >= 0.6 is 0 Å². The minimum Gasteiger partial charge on any atom is -0.348 e. The van der Waals surface area contributed by atoms with Crippen molar-refractivity contribution in [2.75, 3.05) is 6.54 Å². The maximum atomic E-state index is 11.8. The van der Waals surface area contributed by atoms with Crippen LogP contribution in [0, 0.1) is 17.0 Å². The normalized spacial score (nSPS) is 9.76. The molecule has 0 aliphatic carbocycles. The molecular formula is C12H14N2O3. The molecule has 1 aromatic carbocycles. The van der Waals surface area contributed by atoms with Gasteiger partial charge in [0.1, 0.15) is 5.56 Å². The Morgan fingerprint density at radius 3 is 2.71 bits per heavy atom. The predicted molar refractivity (Wildman–Crippen MR) is 65.0 cm³/mol. The van der Waals surface area contributed by atoms with E-state index in [0.29, 0.717) is 12.1 Å². The quantitative estimate of drug-likeness (QED) is 0.493. The first-order chi connectivity index (χ1) is 7.93. The van der Waals surface area contributed by atoms with Gasteiger partial charge in [-0.25, -0.2) is 0 Å². The van der Waals surface area contributed by atoms with E-state index in [1.807, 2.05) is 0 Å². The number of nitrogens with one attached hydrogen (secondary N) is 1. The molecule has 0 heterocycles. The Hall–Kier alpha value is -2.17. The zero-order chi connectivity index (χ0) is 13.0. The molecule has 17 heavy (non-hydrogen) atoms. The fourth-order valence-corrected chi connectivity index (χ4v) is 1.42. The van der Waals surface area contributed by atoms with E-state index in [4.69, 9.17) is 0 Å². The third-order valence-electron chi connectivity index (χ3n) is 2.23. The smallest absolute Gasteiger partial charge is 0.282 e. The average molecular weight is 234 g/mol. The summed E-state index contributed by atoms with van der Waals surface area (Å²) in [5, 5.41) is 13.4. The maximum Gasteiger partial charge on any atom is 0.282 e.